The first-order chi connectivity index (χ1) is 8.99. The molecular formula is C13H23N3O3. The summed E-state index contributed by atoms with van der Waals surface area (Å²) in [6.07, 6.45) is 1.55. The summed E-state index contributed by atoms with van der Waals surface area (Å²) in [6.45, 7) is 1.76. The zero-order chi connectivity index (χ0) is 14.0. The fourth-order valence-corrected chi connectivity index (χ4v) is 2.84. The number of nitrogens with zero attached hydrogens (tertiary/aromatic N) is 2. The van der Waals surface area contributed by atoms with Gasteiger partial charge in [0.1, 0.15) is 0 Å². The van der Waals surface area contributed by atoms with E-state index in [1.807, 2.05) is 4.90 Å². The highest BCUT2D eigenvalue weighted by atomic mass is 16.3. The van der Waals surface area contributed by atoms with Gasteiger partial charge in [-0.25, -0.2) is 0 Å². The van der Waals surface area contributed by atoms with Crippen molar-refractivity contribution in [2.45, 2.75) is 31.4 Å². The number of likely N-dealkylation sites (tertiary alicyclic amines) is 1. The van der Waals surface area contributed by atoms with Gasteiger partial charge >= 0.3 is 0 Å². The highest BCUT2D eigenvalue weighted by Crippen LogP contribution is 2.20. The first-order valence-electron chi connectivity index (χ1n) is 6.90. The fraction of sp³-hybridized carbons (Fsp3) is 0.846. The van der Waals surface area contributed by atoms with Crippen LogP contribution in [0.25, 0.3) is 0 Å². The van der Waals surface area contributed by atoms with Gasteiger partial charge in [0, 0.05) is 39.6 Å². The van der Waals surface area contributed by atoms with E-state index in [0.29, 0.717) is 26.1 Å². The summed E-state index contributed by atoms with van der Waals surface area (Å²) in [5, 5.41) is 12.5. The second-order valence-electron chi connectivity index (χ2n) is 5.68. The van der Waals surface area contributed by atoms with Crippen molar-refractivity contribution < 1.29 is 14.7 Å². The van der Waals surface area contributed by atoms with Gasteiger partial charge < -0.3 is 20.2 Å². The van der Waals surface area contributed by atoms with E-state index in [-0.39, 0.29) is 23.8 Å². The van der Waals surface area contributed by atoms with Crippen LogP contribution in [0.1, 0.15) is 19.3 Å². The number of nitrogens with one attached hydrogen (secondary N) is 1. The molecule has 2 fully saturated rings. The number of piperidine rings is 1. The van der Waals surface area contributed by atoms with E-state index in [1.54, 1.807) is 19.0 Å². The zero-order valence-electron chi connectivity index (χ0n) is 11.6. The second kappa shape index (κ2) is 5.88. The van der Waals surface area contributed by atoms with E-state index in [9.17, 15) is 14.7 Å². The Labute approximate surface area is 113 Å². The van der Waals surface area contributed by atoms with E-state index < -0.39 is 6.10 Å². The predicted molar refractivity (Wildman–Crippen MR) is 70.4 cm³/mol. The van der Waals surface area contributed by atoms with E-state index in [1.165, 1.54) is 0 Å². The van der Waals surface area contributed by atoms with Gasteiger partial charge in [-0.2, -0.15) is 0 Å². The lowest BCUT2D eigenvalue weighted by Gasteiger charge is -2.33. The van der Waals surface area contributed by atoms with E-state index in [2.05, 4.69) is 5.32 Å². The molecule has 6 heteroatoms. The molecule has 19 heavy (non-hydrogen) atoms. The Morgan fingerprint density at radius 1 is 1.26 bits per heavy atom. The maximum absolute atomic E-state index is 12.2. The van der Waals surface area contributed by atoms with Crippen molar-refractivity contribution in [2.24, 2.45) is 5.92 Å². The van der Waals surface area contributed by atoms with Gasteiger partial charge in [0.05, 0.1) is 12.1 Å². The Kier molecular flexibility index (Phi) is 4.42. The number of aliphatic hydroxyl groups is 1. The van der Waals surface area contributed by atoms with Gasteiger partial charge in [-0.1, -0.05) is 0 Å². The molecule has 2 heterocycles. The smallest absolute Gasteiger partial charge is 0.239 e. The molecule has 0 radical (unpaired) electrons. The summed E-state index contributed by atoms with van der Waals surface area (Å²) in [5.41, 5.74) is 0. The summed E-state index contributed by atoms with van der Waals surface area (Å²) in [4.78, 5) is 27.5. The zero-order valence-corrected chi connectivity index (χ0v) is 11.6. The molecule has 6 nitrogen and oxygen atoms in total. The third-order valence-electron chi connectivity index (χ3n) is 4.00. The average Bonchev–Trinajstić information content (AvgIpc) is 2.84. The predicted octanol–water partition coefficient (Wildman–Crippen LogP) is -0.964. The van der Waals surface area contributed by atoms with Crippen LogP contribution < -0.4 is 5.32 Å². The molecule has 2 aliphatic rings. The molecule has 2 atom stereocenters. The third-order valence-corrected chi connectivity index (χ3v) is 4.00. The van der Waals surface area contributed by atoms with Crippen molar-refractivity contribution in [3.05, 3.63) is 0 Å². The number of hydrogen-bond acceptors (Lipinski definition) is 4. The van der Waals surface area contributed by atoms with Crippen LogP contribution in [-0.4, -0.2) is 72.6 Å². The van der Waals surface area contributed by atoms with Crippen LogP contribution >= 0.6 is 0 Å². The number of amides is 2. The highest BCUT2D eigenvalue weighted by molar-refractivity contribution is 5.83. The van der Waals surface area contributed by atoms with E-state index in [4.69, 9.17) is 0 Å². The molecule has 2 N–H and O–H groups in total. The van der Waals surface area contributed by atoms with Crippen LogP contribution in [0.3, 0.4) is 0 Å². The summed E-state index contributed by atoms with van der Waals surface area (Å²) in [6, 6.07) is -0.254. The van der Waals surface area contributed by atoms with Gasteiger partial charge in [-0.3, -0.25) is 9.59 Å². The molecule has 0 spiro atoms. The topological polar surface area (TPSA) is 72.9 Å². The normalized spacial score (nSPS) is 28.5. The number of carbonyl (C=O) groups excluding carboxylic acids is 2. The van der Waals surface area contributed by atoms with Crippen molar-refractivity contribution in [1.82, 2.24) is 15.1 Å². The minimum atomic E-state index is -0.415. The lowest BCUT2D eigenvalue weighted by Crippen LogP contribution is -2.48. The van der Waals surface area contributed by atoms with Crippen LogP contribution in [0, 0.1) is 5.92 Å². The van der Waals surface area contributed by atoms with Crippen molar-refractivity contribution in [3.8, 4) is 0 Å². The van der Waals surface area contributed by atoms with Crippen molar-refractivity contribution in [2.75, 3.05) is 33.7 Å². The van der Waals surface area contributed by atoms with Gasteiger partial charge in [0.25, 0.3) is 0 Å². The Hall–Kier alpha value is -1.14. The first kappa shape index (κ1) is 14.3. The summed E-state index contributed by atoms with van der Waals surface area (Å²) in [5.74, 6) is 0.259. The number of rotatable bonds is 2. The average molecular weight is 269 g/mol. The van der Waals surface area contributed by atoms with Crippen molar-refractivity contribution >= 4 is 11.8 Å². The molecule has 0 aromatic heterocycles. The van der Waals surface area contributed by atoms with Crippen LogP contribution in [0.4, 0.5) is 0 Å². The molecule has 0 bridgehead atoms. The number of β-amino-alcohol motifs (C(OH)–C–C–N with tert-alkyl or cyclic N) is 1. The molecule has 2 amide bonds. The maximum Gasteiger partial charge on any atom is 0.239 e. The molecule has 0 aromatic carbocycles. The SMILES string of the molecule is CN(C)C(=O)C1CCN(C(=O)C2CC(O)CN2)CC1. The minimum absolute atomic E-state index is 0.0428. The van der Waals surface area contributed by atoms with E-state index >= 15 is 0 Å². The molecule has 0 aliphatic carbocycles. The first-order valence-corrected chi connectivity index (χ1v) is 6.90. The quantitative estimate of drug-likeness (QED) is 0.677. The number of carbonyl (C=O) groups is 2. The van der Waals surface area contributed by atoms with Gasteiger partial charge in [0.2, 0.25) is 11.8 Å². The molecule has 2 unspecified atom stereocenters. The lowest BCUT2D eigenvalue weighted by molar-refractivity contribution is -0.140. The number of aliphatic hydroxyl groups excluding tert-OH is 1. The highest BCUT2D eigenvalue weighted by Gasteiger charge is 2.34. The Bertz CT molecular complexity index is 351. The Morgan fingerprint density at radius 2 is 1.89 bits per heavy atom. The maximum atomic E-state index is 12.2. The standard InChI is InChI=1S/C13H23N3O3/c1-15(2)12(18)9-3-5-16(6-4-9)13(19)11-7-10(17)8-14-11/h9-11,14,17H,3-8H2,1-2H3. The van der Waals surface area contributed by atoms with Gasteiger partial charge in [-0.15, -0.1) is 0 Å². The fourth-order valence-electron chi connectivity index (χ4n) is 2.84. The van der Waals surface area contributed by atoms with Crippen LogP contribution in [0.15, 0.2) is 0 Å². The van der Waals surface area contributed by atoms with Crippen molar-refractivity contribution in [3.63, 3.8) is 0 Å². The Morgan fingerprint density at radius 3 is 2.37 bits per heavy atom. The van der Waals surface area contributed by atoms with Gasteiger partial charge in [0.15, 0.2) is 0 Å². The summed E-state index contributed by atoms with van der Waals surface area (Å²) < 4.78 is 0. The molecule has 0 saturated carbocycles. The third kappa shape index (κ3) is 3.25. The summed E-state index contributed by atoms with van der Waals surface area (Å²) >= 11 is 0. The monoisotopic (exact) mass is 269 g/mol. The largest absolute Gasteiger partial charge is 0.392 e. The lowest BCUT2D eigenvalue weighted by atomic mass is 9.95. The molecule has 2 rings (SSSR count). The van der Waals surface area contributed by atoms with Crippen LogP contribution in [-0.2, 0) is 9.59 Å². The number of hydrogen-bond donors (Lipinski definition) is 2. The second-order valence-corrected chi connectivity index (χ2v) is 5.68. The summed E-state index contributed by atoms with van der Waals surface area (Å²) in [7, 11) is 3.54. The molecule has 108 valence electrons. The van der Waals surface area contributed by atoms with Crippen LogP contribution in [0.5, 0.6) is 0 Å². The van der Waals surface area contributed by atoms with Gasteiger partial charge in [-0.05, 0) is 19.3 Å². The molecule has 0 aromatic rings. The van der Waals surface area contributed by atoms with Crippen molar-refractivity contribution in [1.29, 1.82) is 0 Å². The Balaban J connectivity index is 1.83. The molecular weight excluding hydrogens is 246 g/mol. The molecule has 2 saturated heterocycles. The minimum Gasteiger partial charge on any atom is -0.392 e. The molecule has 2 aliphatic heterocycles. The van der Waals surface area contributed by atoms with Crippen LogP contribution in [0.2, 0.25) is 0 Å². The van der Waals surface area contributed by atoms with E-state index in [0.717, 1.165) is 12.8 Å².